The van der Waals surface area contributed by atoms with Crippen molar-refractivity contribution in [2.45, 2.75) is 20.0 Å². The highest BCUT2D eigenvalue weighted by Crippen LogP contribution is 2.42. The summed E-state index contributed by atoms with van der Waals surface area (Å²) in [5, 5.41) is 6.64. The van der Waals surface area contributed by atoms with E-state index in [2.05, 4.69) is 0 Å². The van der Waals surface area contributed by atoms with Gasteiger partial charge in [0.1, 0.15) is 0 Å². The van der Waals surface area contributed by atoms with Crippen molar-refractivity contribution in [1.82, 2.24) is 0 Å². The largest absolute Gasteiger partial charge is 0.454 e. The predicted molar refractivity (Wildman–Crippen MR) is 116 cm³/mol. The van der Waals surface area contributed by atoms with Gasteiger partial charge in [-0.1, -0.05) is 42.0 Å². The van der Waals surface area contributed by atoms with Crippen LogP contribution in [0, 0.1) is 6.92 Å². The number of hydrogen-bond donors (Lipinski definition) is 0. The number of anilines is 2. The predicted octanol–water partition coefficient (Wildman–Crippen LogP) is 4.65. The average Bonchev–Trinajstić information content (AvgIpc) is 3.39. The van der Waals surface area contributed by atoms with Gasteiger partial charge in [0.2, 0.25) is 6.79 Å². The van der Waals surface area contributed by atoms with Gasteiger partial charge in [0, 0.05) is 18.2 Å². The highest BCUT2D eigenvalue weighted by atomic mass is 16.7. The zero-order chi connectivity index (χ0) is 20.7. The van der Waals surface area contributed by atoms with Crippen LogP contribution in [0.2, 0.25) is 0 Å². The van der Waals surface area contributed by atoms with Crippen molar-refractivity contribution in [2.24, 2.45) is 5.10 Å². The van der Waals surface area contributed by atoms with Crippen molar-refractivity contribution < 1.29 is 14.3 Å². The first-order valence-electron chi connectivity index (χ1n) is 9.81. The van der Waals surface area contributed by atoms with Crippen LogP contribution in [0.4, 0.5) is 11.4 Å². The van der Waals surface area contributed by atoms with Crippen LogP contribution < -0.4 is 19.4 Å². The summed E-state index contributed by atoms with van der Waals surface area (Å²) in [6.07, 6.45) is -0.344. The minimum absolute atomic E-state index is 0.0980. The second-order valence-corrected chi connectivity index (χ2v) is 7.35. The molecule has 150 valence electrons. The summed E-state index contributed by atoms with van der Waals surface area (Å²) in [4.78, 5) is 14.6. The SMILES string of the molecule is CC(=O)C1=NN(c2ccc(C)cc2)[C@H](c2ccc3c(c2)OCO3)N1c1ccccc1. The molecule has 6 nitrogen and oxygen atoms in total. The molecule has 5 rings (SSSR count). The quantitative estimate of drug-likeness (QED) is 0.639. The summed E-state index contributed by atoms with van der Waals surface area (Å²) in [6.45, 7) is 3.80. The molecule has 3 aromatic rings. The van der Waals surface area contributed by atoms with E-state index in [0.29, 0.717) is 11.6 Å². The van der Waals surface area contributed by atoms with Gasteiger partial charge in [-0.15, -0.1) is 5.10 Å². The smallest absolute Gasteiger partial charge is 0.231 e. The lowest BCUT2D eigenvalue weighted by molar-refractivity contribution is -0.111. The van der Waals surface area contributed by atoms with Gasteiger partial charge in [-0.05, 0) is 43.3 Å². The van der Waals surface area contributed by atoms with Crippen LogP contribution in [-0.2, 0) is 4.79 Å². The van der Waals surface area contributed by atoms with Crippen LogP contribution in [-0.4, -0.2) is 18.4 Å². The van der Waals surface area contributed by atoms with E-state index in [9.17, 15) is 4.79 Å². The molecule has 3 aromatic carbocycles. The fourth-order valence-electron chi connectivity index (χ4n) is 3.78. The molecule has 0 saturated carbocycles. The van der Waals surface area contributed by atoms with Gasteiger partial charge in [0.05, 0.1) is 5.69 Å². The van der Waals surface area contributed by atoms with E-state index in [4.69, 9.17) is 14.6 Å². The standard InChI is InChI=1S/C24H21N3O3/c1-16-8-11-20(12-9-16)27-24(18-10-13-21-22(14-18)30-15-29-21)26(23(25-27)17(2)28)19-6-4-3-5-7-19/h3-14,24H,15H2,1-2H3/t24-/m1/s1. The number of hydrogen-bond acceptors (Lipinski definition) is 6. The fourth-order valence-corrected chi connectivity index (χ4v) is 3.78. The van der Waals surface area contributed by atoms with Crippen molar-refractivity contribution >= 4 is 23.0 Å². The summed E-state index contributed by atoms with van der Waals surface area (Å²) >= 11 is 0. The molecule has 0 unspecified atom stereocenters. The van der Waals surface area contributed by atoms with Crippen LogP contribution >= 0.6 is 0 Å². The summed E-state index contributed by atoms with van der Waals surface area (Å²) in [6, 6.07) is 23.8. The zero-order valence-electron chi connectivity index (χ0n) is 16.8. The normalized spacial score (nSPS) is 17.3. The van der Waals surface area contributed by atoms with Crippen molar-refractivity contribution in [2.75, 3.05) is 16.7 Å². The minimum Gasteiger partial charge on any atom is -0.454 e. The number of amidine groups is 1. The van der Waals surface area contributed by atoms with Crippen LogP contribution in [0.1, 0.15) is 24.2 Å². The second kappa shape index (κ2) is 7.22. The van der Waals surface area contributed by atoms with Gasteiger partial charge >= 0.3 is 0 Å². The molecular formula is C24H21N3O3. The Morgan fingerprint density at radius 1 is 0.933 bits per heavy atom. The van der Waals surface area contributed by atoms with Crippen molar-refractivity contribution in [3.8, 4) is 11.5 Å². The maximum absolute atomic E-state index is 12.6. The van der Waals surface area contributed by atoms with Gasteiger partial charge in [-0.2, -0.15) is 0 Å². The Hall–Kier alpha value is -3.80. The average molecular weight is 399 g/mol. The molecule has 0 radical (unpaired) electrons. The van der Waals surface area contributed by atoms with Gasteiger partial charge in [-0.25, -0.2) is 5.01 Å². The molecule has 0 aromatic heterocycles. The summed E-state index contributed by atoms with van der Waals surface area (Å²) in [5.41, 5.74) is 3.90. The maximum Gasteiger partial charge on any atom is 0.231 e. The Morgan fingerprint density at radius 3 is 2.40 bits per heavy atom. The first kappa shape index (κ1) is 18.2. The van der Waals surface area contributed by atoms with Crippen LogP contribution in [0.15, 0.2) is 77.9 Å². The number of carbonyl (C=O) groups is 1. The number of para-hydroxylation sites is 1. The van der Waals surface area contributed by atoms with Crippen LogP contribution in [0.5, 0.6) is 11.5 Å². The Balaban J connectivity index is 1.68. The van der Waals surface area contributed by atoms with E-state index in [0.717, 1.165) is 28.3 Å². The number of rotatable bonds is 4. The van der Waals surface area contributed by atoms with E-state index < -0.39 is 0 Å². The Kier molecular flexibility index (Phi) is 4.39. The van der Waals surface area contributed by atoms with E-state index in [1.807, 2.05) is 89.6 Å². The second-order valence-electron chi connectivity index (χ2n) is 7.35. The van der Waals surface area contributed by atoms with Gasteiger partial charge in [0.15, 0.2) is 29.3 Å². The van der Waals surface area contributed by atoms with Gasteiger partial charge in [0.25, 0.3) is 0 Å². The number of carbonyl (C=O) groups excluding carboxylic acids is 1. The number of hydrazone groups is 1. The molecule has 0 N–H and O–H groups in total. The highest BCUT2D eigenvalue weighted by Gasteiger charge is 2.39. The molecule has 0 amide bonds. The Labute approximate surface area is 174 Å². The van der Waals surface area contributed by atoms with Gasteiger partial charge in [-0.3, -0.25) is 9.69 Å². The molecule has 6 heteroatoms. The fraction of sp³-hybridized carbons (Fsp3) is 0.167. The molecule has 0 spiro atoms. The van der Waals surface area contributed by atoms with Gasteiger partial charge < -0.3 is 9.47 Å². The summed E-state index contributed by atoms with van der Waals surface area (Å²) in [7, 11) is 0. The van der Waals surface area contributed by atoms with E-state index in [1.165, 1.54) is 0 Å². The molecule has 2 aliphatic heterocycles. The van der Waals surface area contributed by atoms with E-state index >= 15 is 0 Å². The number of fused-ring (bicyclic) bond motifs is 1. The third-order valence-corrected chi connectivity index (χ3v) is 5.25. The summed E-state index contributed by atoms with van der Waals surface area (Å²) < 4.78 is 11.1. The molecular weight excluding hydrogens is 378 g/mol. The lowest BCUT2D eigenvalue weighted by atomic mass is 10.1. The molecule has 0 saturated heterocycles. The molecule has 0 bridgehead atoms. The highest BCUT2D eigenvalue weighted by molar-refractivity contribution is 6.44. The van der Waals surface area contributed by atoms with Crippen molar-refractivity contribution in [3.63, 3.8) is 0 Å². The third kappa shape index (κ3) is 3.06. The van der Waals surface area contributed by atoms with E-state index in [-0.39, 0.29) is 18.7 Å². The molecule has 1 atom stereocenters. The Bertz CT molecular complexity index is 1130. The van der Waals surface area contributed by atoms with E-state index in [1.54, 1.807) is 6.92 Å². The molecule has 30 heavy (non-hydrogen) atoms. The number of nitrogens with zero attached hydrogens (tertiary/aromatic N) is 3. The molecule has 2 aliphatic rings. The van der Waals surface area contributed by atoms with Crippen LogP contribution in [0.25, 0.3) is 0 Å². The van der Waals surface area contributed by atoms with Crippen molar-refractivity contribution in [3.05, 3.63) is 83.9 Å². The number of ketones is 1. The molecule has 0 fully saturated rings. The monoisotopic (exact) mass is 399 g/mol. The number of benzene rings is 3. The minimum atomic E-state index is -0.344. The molecule has 2 heterocycles. The topological polar surface area (TPSA) is 54.4 Å². The first-order valence-corrected chi connectivity index (χ1v) is 9.81. The van der Waals surface area contributed by atoms with Crippen molar-refractivity contribution in [1.29, 1.82) is 0 Å². The lowest BCUT2D eigenvalue weighted by Gasteiger charge is -2.32. The number of aryl methyl sites for hydroxylation is 1. The first-order chi connectivity index (χ1) is 14.6. The lowest BCUT2D eigenvalue weighted by Crippen LogP contribution is -2.37. The third-order valence-electron chi connectivity index (χ3n) is 5.25. The molecule has 0 aliphatic carbocycles. The number of Topliss-reactive ketones (excluding diaryl/α,β-unsaturated/α-hetero) is 1. The Morgan fingerprint density at radius 2 is 1.67 bits per heavy atom. The summed E-state index contributed by atoms with van der Waals surface area (Å²) in [5.74, 6) is 1.71. The zero-order valence-corrected chi connectivity index (χ0v) is 16.8. The number of ether oxygens (including phenoxy) is 2. The van der Waals surface area contributed by atoms with Crippen LogP contribution in [0.3, 0.4) is 0 Å². The maximum atomic E-state index is 12.6.